The smallest absolute Gasteiger partial charge is 0.124 e. The van der Waals surface area contributed by atoms with Crippen LogP contribution in [0.15, 0.2) is 42.0 Å². The summed E-state index contributed by atoms with van der Waals surface area (Å²) < 4.78 is 11.6. The summed E-state index contributed by atoms with van der Waals surface area (Å²) in [7, 11) is 2.85. The second-order valence-corrected chi connectivity index (χ2v) is 18.2. The SMILES string of the molecule is COc1c(C)cc(P(c2cc(C)c(OC)c(C)c2)C2C=C[C]=C2[C@@H](C)P(C2CCCCC2)C2CCCCC2)cc1C. The van der Waals surface area contributed by atoms with Crippen LogP contribution in [0, 0.1) is 33.8 Å². The first-order valence-corrected chi connectivity index (χ1v) is 19.0. The summed E-state index contributed by atoms with van der Waals surface area (Å²) in [5, 5.41) is 2.89. The van der Waals surface area contributed by atoms with E-state index in [9.17, 15) is 0 Å². The van der Waals surface area contributed by atoms with Gasteiger partial charge in [-0.15, -0.1) is 0 Å². The van der Waals surface area contributed by atoms with Gasteiger partial charge in [0.05, 0.1) is 14.2 Å². The molecule has 0 aromatic heterocycles. The zero-order chi connectivity index (χ0) is 29.1. The molecule has 2 aromatic rings. The summed E-state index contributed by atoms with van der Waals surface area (Å²) in [4.78, 5) is 0. The summed E-state index contributed by atoms with van der Waals surface area (Å²) in [6, 6.07) is 9.63. The second-order valence-electron chi connectivity index (χ2n) is 12.7. The number of hydrogen-bond donors (Lipinski definition) is 0. The molecule has 1 unspecified atom stereocenters. The summed E-state index contributed by atoms with van der Waals surface area (Å²) in [6.45, 7) is 11.4. The Hall–Kier alpha value is -1.62. The van der Waals surface area contributed by atoms with Gasteiger partial charge in [0.2, 0.25) is 0 Å². The van der Waals surface area contributed by atoms with Gasteiger partial charge in [-0.25, -0.2) is 0 Å². The van der Waals surface area contributed by atoms with E-state index in [0.29, 0.717) is 11.3 Å². The van der Waals surface area contributed by atoms with E-state index < -0.39 is 7.92 Å². The molecule has 2 nitrogen and oxygen atoms in total. The van der Waals surface area contributed by atoms with Crippen molar-refractivity contribution >= 4 is 26.5 Å². The van der Waals surface area contributed by atoms with Crippen LogP contribution in [0.3, 0.4) is 0 Å². The number of benzene rings is 2. The van der Waals surface area contributed by atoms with Crippen LogP contribution in [0.25, 0.3) is 0 Å². The highest BCUT2D eigenvalue weighted by Crippen LogP contribution is 2.62. The summed E-state index contributed by atoms with van der Waals surface area (Å²) in [5.74, 6) is 2.03. The lowest BCUT2D eigenvalue weighted by molar-refractivity contribution is 0.408. The standard InChI is InChI=1S/C37H51O2P2/c1-25-21-32(22-26(2)36(25)38-6)41(33-23-27(3)37(39-7)28(4)24-33)35-20-14-19-34(35)29(5)40(30-15-10-8-11-16-30)31-17-12-9-13-18-31/h14,20-24,29-31,35H,8-13,15-18H2,1-7H3/t29-,35?/m1/s1. The van der Waals surface area contributed by atoms with Gasteiger partial charge in [-0.3, -0.25) is 0 Å². The minimum Gasteiger partial charge on any atom is -0.496 e. The Morgan fingerprint density at radius 2 is 1.10 bits per heavy atom. The van der Waals surface area contributed by atoms with Crippen molar-refractivity contribution in [2.24, 2.45) is 0 Å². The molecule has 221 valence electrons. The van der Waals surface area contributed by atoms with E-state index in [4.69, 9.17) is 9.47 Å². The Bertz CT molecular complexity index is 1140. The maximum atomic E-state index is 5.80. The number of aryl methyl sites for hydroxylation is 4. The maximum Gasteiger partial charge on any atom is 0.124 e. The molecule has 3 aliphatic carbocycles. The molecule has 0 bridgehead atoms. The van der Waals surface area contributed by atoms with Gasteiger partial charge in [-0.1, -0.05) is 65.5 Å². The first-order valence-electron chi connectivity index (χ1n) is 16.0. The molecule has 5 rings (SSSR count). The molecule has 1 radical (unpaired) electrons. The topological polar surface area (TPSA) is 18.5 Å². The van der Waals surface area contributed by atoms with Crippen molar-refractivity contribution in [3.8, 4) is 11.5 Å². The third kappa shape index (κ3) is 6.50. The maximum absolute atomic E-state index is 5.80. The molecular weight excluding hydrogens is 538 g/mol. The fraction of sp³-hybridized carbons (Fsp3) is 0.568. The lowest BCUT2D eigenvalue weighted by Crippen LogP contribution is -2.30. The van der Waals surface area contributed by atoms with E-state index >= 15 is 0 Å². The van der Waals surface area contributed by atoms with Gasteiger partial charge in [-0.05, 0) is 147 Å². The van der Waals surface area contributed by atoms with Gasteiger partial charge in [0.25, 0.3) is 0 Å². The highest BCUT2D eigenvalue weighted by molar-refractivity contribution is 7.74. The molecule has 0 saturated heterocycles. The van der Waals surface area contributed by atoms with Crippen molar-refractivity contribution in [1.82, 2.24) is 0 Å². The molecule has 0 N–H and O–H groups in total. The van der Waals surface area contributed by atoms with Gasteiger partial charge < -0.3 is 9.47 Å². The van der Waals surface area contributed by atoms with Crippen LogP contribution >= 0.6 is 15.8 Å². The molecule has 0 amide bonds. The van der Waals surface area contributed by atoms with Crippen LogP contribution in [-0.2, 0) is 0 Å². The number of ether oxygens (including phenoxy) is 2. The predicted molar refractivity (Wildman–Crippen MR) is 181 cm³/mol. The molecule has 2 atom stereocenters. The van der Waals surface area contributed by atoms with E-state index in [2.05, 4.69) is 77.1 Å². The minimum atomic E-state index is -0.670. The zero-order valence-electron chi connectivity index (χ0n) is 26.6. The summed E-state index contributed by atoms with van der Waals surface area (Å²) in [6.07, 6.45) is 23.1. The zero-order valence-corrected chi connectivity index (χ0v) is 28.3. The molecule has 3 aliphatic rings. The largest absolute Gasteiger partial charge is 0.496 e. The van der Waals surface area contributed by atoms with E-state index in [1.807, 2.05) is 0 Å². The minimum absolute atomic E-state index is 0.0681. The van der Waals surface area contributed by atoms with E-state index in [1.54, 1.807) is 19.8 Å². The highest BCUT2D eigenvalue weighted by atomic mass is 31.1. The first-order chi connectivity index (χ1) is 19.8. The molecule has 0 aliphatic heterocycles. The monoisotopic (exact) mass is 589 g/mol. The Morgan fingerprint density at radius 3 is 1.49 bits per heavy atom. The van der Waals surface area contributed by atoms with Crippen molar-refractivity contribution in [2.45, 2.75) is 121 Å². The molecule has 4 heteroatoms. The molecule has 0 spiro atoms. The molecule has 2 fully saturated rings. The van der Waals surface area contributed by atoms with Crippen LogP contribution in [-0.4, -0.2) is 36.9 Å². The lowest BCUT2D eigenvalue weighted by atomic mass is 9.99. The molecular formula is C37H51O2P2. The van der Waals surface area contributed by atoms with Crippen molar-refractivity contribution in [1.29, 1.82) is 0 Å². The molecule has 2 saturated carbocycles. The second kappa shape index (κ2) is 13.8. The van der Waals surface area contributed by atoms with E-state index in [1.165, 1.54) is 97.1 Å². The number of allylic oxidation sites excluding steroid dienone is 4. The number of methoxy groups -OCH3 is 2. The van der Waals surface area contributed by atoms with Crippen LogP contribution in [0.1, 0.15) is 93.4 Å². The molecule has 0 heterocycles. The number of rotatable bonds is 9. The third-order valence-corrected chi connectivity index (χ3v) is 16.4. The van der Waals surface area contributed by atoms with Crippen LogP contribution < -0.4 is 20.1 Å². The van der Waals surface area contributed by atoms with E-state index in [0.717, 1.165) is 22.8 Å². The average Bonchev–Trinajstić information content (AvgIpc) is 3.44. The summed E-state index contributed by atoms with van der Waals surface area (Å²) in [5.41, 5.74) is 9.40. The van der Waals surface area contributed by atoms with Crippen molar-refractivity contribution in [2.75, 3.05) is 14.2 Å². The Kier molecular flexibility index (Phi) is 10.4. The van der Waals surface area contributed by atoms with Gasteiger partial charge >= 0.3 is 0 Å². The van der Waals surface area contributed by atoms with Crippen molar-refractivity contribution in [3.05, 3.63) is 70.3 Å². The van der Waals surface area contributed by atoms with Crippen LogP contribution in [0.5, 0.6) is 11.5 Å². The number of hydrogen-bond acceptors (Lipinski definition) is 2. The van der Waals surface area contributed by atoms with Crippen molar-refractivity contribution in [3.63, 3.8) is 0 Å². The third-order valence-electron chi connectivity index (χ3n) is 9.87. The van der Waals surface area contributed by atoms with Crippen LogP contribution in [0.4, 0.5) is 0 Å². The summed E-state index contributed by atoms with van der Waals surface area (Å²) >= 11 is 0. The Balaban J connectivity index is 1.58. The van der Waals surface area contributed by atoms with Gasteiger partial charge in [0, 0.05) is 5.66 Å². The quantitative estimate of drug-likeness (QED) is 0.271. The van der Waals surface area contributed by atoms with Gasteiger partial charge in [-0.2, -0.15) is 0 Å². The van der Waals surface area contributed by atoms with Gasteiger partial charge in [0.1, 0.15) is 11.5 Å². The Morgan fingerprint density at radius 1 is 0.683 bits per heavy atom. The average molecular weight is 590 g/mol. The first kappa shape index (κ1) is 30.8. The Labute approximate surface area is 252 Å². The molecule has 2 aromatic carbocycles. The van der Waals surface area contributed by atoms with E-state index in [-0.39, 0.29) is 7.92 Å². The van der Waals surface area contributed by atoms with Crippen molar-refractivity contribution < 1.29 is 9.47 Å². The van der Waals surface area contributed by atoms with Gasteiger partial charge in [0.15, 0.2) is 0 Å². The fourth-order valence-corrected chi connectivity index (χ4v) is 15.7. The predicted octanol–water partition coefficient (Wildman–Crippen LogP) is 9.57. The van der Waals surface area contributed by atoms with Crippen LogP contribution in [0.2, 0.25) is 0 Å². The highest BCUT2D eigenvalue weighted by Gasteiger charge is 2.40. The molecule has 41 heavy (non-hydrogen) atoms. The fourth-order valence-electron chi connectivity index (χ4n) is 8.11. The lowest BCUT2D eigenvalue weighted by Gasteiger charge is -2.44. The normalized spacial score (nSPS) is 21.0.